The molecule has 0 saturated heterocycles. The summed E-state index contributed by atoms with van der Waals surface area (Å²) in [5.41, 5.74) is 1.80. The van der Waals surface area contributed by atoms with Gasteiger partial charge in [0.05, 0.1) is 5.56 Å². The lowest BCUT2D eigenvalue weighted by Crippen LogP contribution is -2.25. The summed E-state index contributed by atoms with van der Waals surface area (Å²) < 4.78 is 55.2. The highest BCUT2D eigenvalue weighted by atomic mass is 19.1. The SMILES string of the molecule is O=C(NCc1c(-c2cc(F)ccc2F)ccnc1C1CCC(F)CC1)c1ccc(F)nc1. The second-order valence-corrected chi connectivity index (χ2v) is 7.85. The molecule has 1 amide bonds. The van der Waals surface area contributed by atoms with Gasteiger partial charge in [0.15, 0.2) is 0 Å². The Labute approximate surface area is 182 Å². The first-order valence-electron chi connectivity index (χ1n) is 10.4. The van der Waals surface area contributed by atoms with Crippen molar-refractivity contribution >= 4 is 5.91 Å². The largest absolute Gasteiger partial charge is 0.348 e. The van der Waals surface area contributed by atoms with Crippen LogP contribution in [0.25, 0.3) is 11.1 Å². The molecule has 2 heterocycles. The van der Waals surface area contributed by atoms with Crippen LogP contribution in [0.5, 0.6) is 0 Å². The van der Waals surface area contributed by atoms with Crippen LogP contribution in [-0.4, -0.2) is 22.0 Å². The normalized spacial score (nSPS) is 18.4. The Balaban J connectivity index is 1.70. The molecule has 2 aromatic heterocycles. The summed E-state index contributed by atoms with van der Waals surface area (Å²) in [6, 6.07) is 7.13. The predicted octanol–water partition coefficient (Wildman–Crippen LogP) is 5.49. The fourth-order valence-corrected chi connectivity index (χ4v) is 4.11. The van der Waals surface area contributed by atoms with E-state index in [9.17, 15) is 22.4 Å². The molecule has 4 rings (SSSR count). The van der Waals surface area contributed by atoms with Crippen molar-refractivity contribution in [3.05, 3.63) is 83.2 Å². The van der Waals surface area contributed by atoms with Gasteiger partial charge in [0.1, 0.15) is 17.8 Å². The monoisotopic (exact) mass is 443 g/mol. The van der Waals surface area contributed by atoms with Crippen LogP contribution in [0, 0.1) is 17.6 Å². The van der Waals surface area contributed by atoms with E-state index in [1.165, 1.54) is 12.3 Å². The zero-order valence-electron chi connectivity index (χ0n) is 17.1. The smallest absolute Gasteiger partial charge is 0.253 e. The molecular weight excluding hydrogens is 422 g/mol. The molecule has 0 unspecified atom stereocenters. The fraction of sp³-hybridized carbons (Fsp3) is 0.292. The van der Waals surface area contributed by atoms with Crippen molar-refractivity contribution in [1.29, 1.82) is 0 Å². The van der Waals surface area contributed by atoms with Crippen LogP contribution in [-0.2, 0) is 6.54 Å². The average Bonchev–Trinajstić information content (AvgIpc) is 2.80. The van der Waals surface area contributed by atoms with Gasteiger partial charge < -0.3 is 5.32 Å². The topological polar surface area (TPSA) is 54.9 Å². The van der Waals surface area contributed by atoms with Crippen LogP contribution < -0.4 is 5.32 Å². The molecule has 8 heteroatoms. The number of rotatable bonds is 5. The van der Waals surface area contributed by atoms with Crippen molar-refractivity contribution in [2.45, 2.75) is 44.3 Å². The van der Waals surface area contributed by atoms with Gasteiger partial charge >= 0.3 is 0 Å². The summed E-state index contributed by atoms with van der Waals surface area (Å²) in [6.45, 7) is -0.0137. The zero-order valence-corrected chi connectivity index (χ0v) is 17.1. The van der Waals surface area contributed by atoms with Gasteiger partial charge in [-0.1, -0.05) is 0 Å². The van der Waals surface area contributed by atoms with Crippen LogP contribution in [0.1, 0.15) is 53.2 Å². The lowest BCUT2D eigenvalue weighted by Gasteiger charge is -2.26. The third-order valence-electron chi connectivity index (χ3n) is 5.77. The quantitative estimate of drug-likeness (QED) is 0.419. The summed E-state index contributed by atoms with van der Waals surface area (Å²) in [7, 11) is 0. The van der Waals surface area contributed by atoms with Crippen LogP contribution >= 0.6 is 0 Å². The highest BCUT2D eigenvalue weighted by Gasteiger charge is 2.27. The van der Waals surface area contributed by atoms with Crippen LogP contribution in [0.2, 0.25) is 0 Å². The highest BCUT2D eigenvalue weighted by Crippen LogP contribution is 2.38. The molecule has 1 fully saturated rings. The Morgan fingerprint density at radius 2 is 1.75 bits per heavy atom. The van der Waals surface area contributed by atoms with E-state index in [4.69, 9.17) is 0 Å². The second kappa shape index (κ2) is 9.46. The number of benzene rings is 1. The maximum atomic E-state index is 14.6. The molecule has 32 heavy (non-hydrogen) atoms. The lowest BCUT2D eigenvalue weighted by atomic mass is 9.82. The number of pyridine rings is 2. The Morgan fingerprint density at radius 3 is 2.47 bits per heavy atom. The minimum absolute atomic E-state index is 0.0137. The third kappa shape index (κ3) is 4.79. The van der Waals surface area contributed by atoms with Gasteiger partial charge in [-0.2, -0.15) is 4.39 Å². The molecular formula is C24H21F4N3O. The molecule has 1 saturated carbocycles. The van der Waals surface area contributed by atoms with E-state index in [1.54, 1.807) is 6.07 Å². The van der Waals surface area contributed by atoms with Gasteiger partial charge in [-0.05, 0) is 67.6 Å². The summed E-state index contributed by atoms with van der Waals surface area (Å²) in [5.74, 6) is -2.46. The third-order valence-corrected chi connectivity index (χ3v) is 5.77. The molecule has 0 radical (unpaired) electrons. The van der Waals surface area contributed by atoms with Gasteiger partial charge in [0.25, 0.3) is 5.91 Å². The molecule has 0 aliphatic heterocycles. The summed E-state index contributed by atoms with van der Waals surface area (Å²) >= 11 is 0. The van der Waals surface area contributed by atoms with Gasteiger partial charge in [-0.3, -0.25) is 9.78 Å². The summed E-state index contributed by atoms with van der Waals surface area (Å²) in [5, 5.41) is 2.74. The molecule has 0 bridgehead atoms. The Kier molecular flexibility index (Phi) is 6.48. The number of aromatic nitrogens is 2. The first kappa shape index (κ1) is 21.9. The lowest BCUT2D eigenvalue weighted by molar-refractivity contribution is 0.0950. The van der Waals surface area contributed by atoms with E-state index >= 15 is 0 Å². The minimum atomic E-state index is -0.857. The van der Waals surface area contributed by atoms with Crippen LogP contribution in [0.15, 0.2) is 48.8 Å². The van der Waals surface area contributed by atoms with E-state index in [-0.39, 0.29) is 23.6 Å². The zero-order chi connectivity index (χ0) is 22.7. The van der Waals surface area contributed by atoms with Crippen molar-refractivity contribution < 1.29 is 22.4 Å². The van der Waals surface area contributed by atoms with Crippen LogP contribution in [0.4, 0.5) is 17.6 Å². The van der Waals surface area contributed by atoms with E-state index in [1.807, 2.05) is 0 Å². The molecule has 0 spiro atoms. The summed E-state index contributed by atoms with van der Waals surface area (Å²) in [6.07, 6.45) is 3.73. The second-order valence-electron chi connectivity index (χ2n) is 7.85. The van der Waals surface area contributed by atoms with Gasteiger partial charge in [-0.25, -0.2) is 18.2 Å². The Hall–Kier alpha value is -3.29. The number of hydrogen-bond acceptors (Lipinski definition) is 3. The van der Waals surface area contributed by atoms with Crippen molar-refractivity contribution in [3.8, 4) is 11.1 Å². The van der Waals surface area contributed by atoms with Gasteiger partial charge in [-0.15, -0.1) is 0 Å². The Morgan fingerprint density at radius 1 is 0.969 bits per heavy atom. The molecule has 4 nitrogen and oxygen atoms in total. The van der Waals surface area contributed by atoms with E-state index in [2.05, 4.69) is 15.3 Å². The number of alkyl halides is 1. The van der Waals surface area contributed by atoms with Crippen molar-refractivity contribution in [1.82, 2.24) is 15.3 Å². The van der Waals surface area contributed by atoms with E-state index in [0.717, 1.165) is 30.5 Å². The summed E-state index contributed by atoms with van der Waals surface area (Å²) in [4.78, 5) is 20.5. The number of nitrogens with zero attached hydrogens (tertiary/aromatic N) is 2. The predicted molar refractivity (Wildman–Crippen MR) is 111 cm³/mol. The number of nitrogens with one attached hydrogen (secondary N) is 1. The standard InChI is InChI=1S/C24H21F4N3O/c25-16-4-1-14(2-5-16)23-20(13-31-24(32)15-3-8-22(28)30-12-15)18(9-10-29-23)19-11-17(26)6-7-21(19)27/h3,6-12,14,16H,1-2,4-5,13H2,(H,31,32). The van der Waals surface area contributed by atoms with Crippen molar-refractivity contribution in [3.63, 3.8) is 0 Å². The highest BCUT2D eigenvalue weighted by molar-refractivity contribution is 5.93. The number of halogens is 4. The molecule has 1 N–H and O–H groups in total. The molecule has 1 aromatic carbocycles. The maximum absolute atomic E-state index is 14.6. The van der Waals surface area contributed by atoms with Gasteiger partial charge in [0, 0.05) is 41.7 Å². The van der Waals surface area contributed by atoms with Crippen molar-refractivity contribution in [2.75, 3.05) is 0 Å². The van der Waals surface area contributed by atoms with E-state index in [0.29, 0.717) is 42.5 Å². The fourth-order valence-electron chi connectivity index (χ4n) is 4.11. The molecule has 0 atom stereocenters. The number of carbonyl (C=O) groups excluding carboxylic acids is 1. The molecule has 1 aliphatic carbocycles. The van der Waals surface area contributed by atoms with Gasteiger partial charge in [0.2, 0.25) is 5.95 Å². The number of hydrogen-bond donors (Lipinski definition) is 1. The number of carbonyl (C=O) groups is 1. The molecule has 3 aromatic rings. The number of amides is 1. The molecule has 1 aliphatic rings. The average molecular weight is 443 g/mol. The van der Waals surface area contributed by atoms with Crippen LogP contribution in [0.3, 0.4) is 0 Å². The van der Waals surface area contributed by atoms with Crippen molar-refractivity contribution in [2.24, 2.45) is 0 Å². The first-order chi connectivity index (χ1) is 15.4. The maximum Gasteiger partial charge on any atom is 0.253 e. The first-order valence-corrected chi connectivity index (χ1v) is 10.4. The minimum Gasteiger partial charge on any atom is -0.348 e. The Bertz CT molecular complexity index is 1110. The molecule has 166 valence electrons. The van der Waals surface area contributed by atoms with E-state index < -0.39 is 29.7 Å².